The van der Waals surface area contributed by atoms with Crippen LogP contribution in [0.4, 0.5) is 0 Å². The number of carbonyl (C=O) groups excluding carboxylic acids is 1. The van der Waals surface area contributed by atoms with Gasteiger partial charge in [-0.15, -0.1) is 34.2 Å². The molecule has 0 fully saturated rings. The molecule has 0 aliphatic carbocycles. The van der Waals surface area contributed by atoms with Gasteiger partial charge in [-0.1, -0.05) is 19.1 Å². The standard InChI is InChI=1S/C17H25N7O.HI/c1-3-15-23-22-12-24(15)10-9-20-17(19-4-2)21-11-13-5-7-14(8-6-13)16(18)25;/h5-8,12H,3-4,9-11H2,1-2H3,(H2,18,25)(H2,19,20,21);1H. The van der Waals surface area contributed by atoms with Crippen LogP contribution in [0.2, 0.25) is 0 Å². The third-order valence-corrected chi connectivity index (χ3v) is 3.66. The molecule has 0 radical (unpaired) electrons. The lowest BCUT2D eigenvalue weighted by Crippen LogP contribution is -2.38. The number of aryl methyl sites for hydroxylation is 1. The molecule has 2 rings (SSSR count). The normalized spacial score (nSPS) is 10.9. The number of nitrogens with two attached hydrogens (primary N) is 1. The molecule has 4 N–H and O–H groups in total. The van der Waals surface area contributed by atoms with Gasteiger partial charge in [0.2, 0.25) is 5.91 Å². The fraction of sp³-hybridized carbons (Fsp3) is 0.412. The van der Waals surface area contributed by atoms with Gasteiger partial charge in [0.1, 0.15) is 12.2 Å². The van der Waals surface area contributed by atoms with Gasteiger partial charge in [-0.2, -0.15) is 0 Å². The fourth-order valence-corrected chi connectivity index (χ4v) is 2.32. The fourth-order valence-electron chi connectivity index (χ4n) is 2.32. The molecule has 8 nitrogen and oxygen atoms in total. The first-order chi connectivity index (χ1) is 12.1. The van der Waals surface area contributed by atoms with Crippen molar-refractivity contribution in [1.82, 2.24) is 25.4 Å². The largest absolute Gasteiger partial charge is 0.366 e. The molecular weight excluding hydrogens is 445 g/mol. The molecule has 1 amide bonds. The van der Waals surface area contributed by atoms with Crippen LogP contribution in [0.3, 0.4) is 0 Å². The Kier molecular flexibility index (Phi) is 9.63. The average Bonchev–Trinajstić information content (AvgIpc) is 3.07. The van der Waals surface area contributed by atoms with Crippen LogP contribution < -0.4 is 16.4 Å². The highest BCUT2D eigenvalue weighted by Crippen LogP contribution is 2.05. The number of aromatic nitrogens is 3. The number of guanidine groups is 1. The van der Waals surface area contributed by atoms with Crippen LogP contribution in [0.5, 0.6) is 0 Å². The maximum absolute atomic E-state index is 11.1. The summed E-state index contributed by atoms with van der Waals surface area (Å²) in [5, 5.41) is 14.5. The summed E-state index contributed by atoms with van der Waals surface area (Å²) in [4.78, 5) is 15.6. The van der Waals surface area contributed by atoms with Crippen LogP contribution in [0.25, 0.3) is 0 Å². The van der Waals surface area contributed by atoms with Gasteiger partial charge in [0.05, 0.1) is 6.54 Å². The Hall–Kier alpha value is -2.17. The maximum Gasteiger partial charge on any atom is 0.248 e. The summed E-state index contributed by atoms with van der Waals surface area (Å²) in [6.45, 7) is 6.86. The minimum atomic E-state index is -0.425. The number of amides is 1. The van der Waals surface area contributed by atoms with Crippen LogP contribution >= 0.6 is 24.0 Å². The highest BCUT2D eigenvalue weighted by Gasteiger charge is 2.03. The lowest BCUT2D eigenvalue weighted by Gasteiger charge is -2.12. The molecule has 9 heteroatoms. The monoisotopic (exact) mass is 471 g/mol. The Morgan fingerprint density at radius 3 is 2.58 bits per heavy atom. The van der Waals surface area contributed by atoms with E-state index in [0.717, 1.165) is 43.4 Å². The quantitative estimate of drug-likeness (QED) is 0.306. The Morgan fingerprint density at radius 2 is 1.96 bits per heavy atom. The first-order valence-electron chi connectivity index (χ1n) is 8.41. The van der Waals surface area contributed by atoms with Crippen molar-refractivity contribution >= 4 is 35.8 Å². The summed E-state index contributed by atoms with van der Waals surface area (Å²) in [5.41, 5.74) is 6.75. The summed E-state index contributed by atoms with van der Waals surface area (Å²) in [6.07, 6.45) is 2.60. The Bertz CT molecular complexity index is 712. The first kappa shape index (κ1) is 21.9. The van der Waals surface area contributed by atoms with E-state index in [-0.39, 0.29) is 24.0 Å². The van der Waals surface area contributed by atoms with Crippen LogP contribution in [0.1, 0.15) is 35.6 Å². The van der Waals surface area contributed by atoms with Gasteiger partial charge in [0.15, 0.2) is 5.96 Å². The molecule has 1 aromatic carbocycles. The highest BCUT2D eigenvalue weighted by atomic mass is 127. The van der Waals surface area contributed by atoms with Crippen LogP contribution in [-0.2, 0) is 19.5 Å². The van der Waals surface area contributed by atoms with E-state index in [0.29, 0.717) is 12.1 Å². The van der Waals surface area contributed by atoms with Crippen molar-refractivity contribution in [1.29, 1.82) is 0 Å². The molecule has 0 saturated heterocycles. The van der Waals surface area contributed by atoms with E-state index in [1.807, 2.05) is 23.6 Å². The third-order valence-electron chi connectivity index (χ3n) is 3.66. The molecule has 0 bridgehead atoms. The molecule has 142 valence electrons. The number of carbonyl (C=O) groups is 1. The summed E-state index contributed by atoms with van der Waals surface area (Å²) in [5.74, 6) is 1.29. The zero-order chi connectivity index (χ0) is 18.1. The molecule has 0 unspecified atom stereocenters. The van der Waals surface area contributed by atoms with Crippen molar-refractivity contribution in [3.05, 3.63) is 47.5 Å². The minimum Gasteiger partial charge on any atom is -0.366 e. The van der Waals surface area contributed by atoms with E-state index < -0.39 is 5.91 Å². The second-order valence-electron chi connectivity index (χ2n) is 5.48. The van der Waals surface area contributed by atoms with Gasteiger partial charge in [-0.05, 0) is 24.6 Å². The van der Waals surface area contributed by atoms with Crippen molar-refractivity contribution in [2.45, 2.75) is 33.4 Å². The number of nitrogens with zero attached hydrogens (tertiary/aromatic N) is 4. The lowest BCUT2D eigenvalue weighted by atomic mass is 10.1. The van der Waals surface area contributed by atoms with Crippen LogP contribution in [-0.4, -0.2) is 39.7 Å². The van der Waals surface area contributed by atoms with E-state index in [2.05, 4.69) is 32.7 Å². The van der Waals surface area contributed by atoms with Crippen molar-refractivity contribution in [3.63, 3.8) is 0 Å². The molecule has 0 spiro atoms. The maximum atomic E-state index is 11.1. The van der Waals surface area contributed by atoms with E-state index in [4.69, 9.17) is 5.73 Å². The third kappa shape index (κ3) is 6.62. The second-order valence-corrected chi connectivity index (χ2v) is 5.48. The van der Waals surface area contributed by atoms with Gasteiger partial charge in [0, 0.05) is 31.6 Å². The summed E-state index contributed by atoms with van der Waals surface area (Å²) in [7, 11) is 0. The van der Waals surface area contributed by atoms with Crippen LogP contribution in [0.15, 0.2) is 35.6 Å². The van der Waals surface area contributed by atoms with Gasteiger partial charge in [-0.25, -0.2) is 4.99 Å². The molecule has 26 heavy (non-hydrogen) atoms. The second kappa shape index (κ2) is 11.4. The van der Waals surface area contributed by atoms with Crippen molar-refractivity contribution in [2.24, 2.45) is 10.7 Å². The number of aliphatic imine (C=N–C) groups is 1. The number of rotatable bonds is 8. The molecule has 1 heterocycles. The number of hydrogen-bond donors (Lipinski definition) is 3. The van der Waals surface area contributed by atoms with E-state index in [1.165, 1.54) is 0 Å². The zero-order valence-corrected chi connectivity index (χ0v) is 17.4. The molecule has 1 aromatic heterocycles. The lowest BCUT2D eigenvalue weighted by molar-refractivity contribution is 0.100. The van der Waals surface area contributed by atoms with Crippen molar-refractivity contribution < 1.29 is 4.79 Å². The van der Waals surface area contributed by atoms with Crippen molar-refractivity contribution in [2.75, 3.05) is 13.1 Å². The minimum absolute atomic E-state index is 0. The van der Waals surface area contributed by atoms with Gasteiger partial charge in [0.25, 0.3) is 0 Å². The smallest absolute Gasteiger partial charge is 0.248 e. The van der Waals surface area contributed by atoms with Crippen LogP contribution in [0, 0.1) is 0 Å². The van der Waals surface area contributed by atoms with E-state index in [1.54, 1.807) is 18.5 Å². The predicted octanol–water partition coefficient (Wildman–Crippen LogP) is 1.31. The average molecular weight is 471 g/mol. The molecule has 0 aliphatic rings. The molecular formula is C17H26IN7O. The number of halogens is 1. The SMILES string of the molecule is CCNC(=NCc1ccc(C(N)=O)cc1)NCCn1cnnc1CC.I. The van der Waals surface area contributed by atoms with Crippen molar-refractivity contribution in [3.8, 4) is 0 Å². The molecule has 0 aliphatic heterocycles. The summed E-state index contributed by atoms with van der Waals surface area (Å²) < 4.78 is 2.03. The zero-order valence-electron chi connectivity index (χ0n) is 15.1. The summed E-state index contributed by atoms with van der Waals surface area (Å²) >= 11 is 0. The molecule has 0 atom stereocenters. The molecule has 0 saturated carbocycles. The Balaban J connectivity index is 0.00000338. The van der Waals surface area contributed by atoms with E-state index in [9.17, 15) is 4.79 Å². The van der Waals surface area contributed by atoms with Gasteiger partial charge in [-0.3, -0.25) is 4.79 Å². The molecule has 2 aromatic rings. The van der Waals surface area contributed by atoms with Gasteiger partial charge < -0.3 is 20.9 Å². The summed E-state index contributed by atoms with van der Waals surface area (Å²) in [6, 6.07) is 7.15. The number of nitrogens with one attached hydrogen (secondary N) is 2. The Labute approximate surface area is 170 Å². The number of benzene rings is 1. The predicted molar refractivity (Wildman–Crippen MR) is 113 cm³/mol. The number of primary amides is 1. The first-order valence-corrected chi connectivity index (χ1v) is 8.41. The number of hydrogen-bond acceptors (Lipinski definition) is 4. The topological polar surface area (TPSA) is 110 Å². The van der Waals surface area contributed by atoms with Gasteiger partial charge >= 0.3 is 0 Å². The highest BCUT2D eigenvalue weighted by molar-refractivity contribution is 14.0. The van der Waals surface area contributed by atoms with E-state index >= 15 is 0 Å². The Morgan fingerprint density at radius 1 is 1.23 bits per heavy atom.